The first kappa shape index (κ1) is 14.4. The average Bonchev–Trinajstić information content (AvgIpc) is 3.31. The normalized spacial score (nSPS) is 13.5. The molecule has 4 aromatic rings. The van der Waals surface area contributed by atoms with Crippen LogP contribution >= 0.6 is 0 Å². The molecule has 0 amide bonds. The summed E-state index contributed by atoms with van der Waals surface area (Å²) in [5, 5.41) is 5.95. The lowest BCUT2D eigenvalue weighted by molar-refractivity contribution is 0.618. The van der Waals surface area contributed by atoms with E-state index in [1.165, 1.54) is 11.8 Å². The van der Waals surface area contributed by atoms with Gasteiger partial charge in [-0.25, -0.2) is 9.37 Å². The van der Waals surface area contributed by atoms with Gasteiger partial charge in [-0.1, -0.05) is 0 Å². The number of pyridine rings is 1. The van der Waals surface area contributed by atoms with Crippen LogP contribution in [0.3, 0.4) is 0 Å². The van der Waals surface area contributed by atoms with E-state index in [1.54, 1.807) is 6.92 Å². The minimum Gasteiger partial charge on any atom is -0.346 e. The number of aromatic nitrogens is 4. The molecular formula is C20H17FN4. The van der Waals surface area contributed by atoms with Crippen molar-refractivity contribution in [3.63, 3.8) is 0 Å². The Kier molecular flexibility index (Phi) is 3.04. The van der Waals surface area contributed by atoms with Gasteiger partial charge in [0.25, 0.3) is 0 Å². The first-order valence-corrected chi connectivity index (χ1v) is 8.51. The molecule has 0 saturated carbocycles. The Balaban J connectivity index is 1.81. The van der Waals surface area contributed by atoms with Crippen LogP contribution < -0.4 is 0 Å². The van der Waals surface area contributed by atoms with Gasteiger partial charge in [-0.2, -0.15) is 5.10 Å². The lowest BCUT2D eigenvalue weighted by Crippen LogP contribution is -1.94. The van der Waals surface area contributed by atoms with Crippen LogP contribution in [0.1, 0.15) is 17.7 Å². The van der Waals surface area contributed by atoms with Gasteiger partial charge in [0, 0.05) is 41.1 Å². The molecule has 4 heterocycles. The van der Waals surface area contributed by atoms with Crippen LogP contribution in [0.5, 0.6) is 0 Å². The fourth-order valence-corrected chi connectivity index (χ4v) is 3.79. The van der Waals surface area contributed by atoms with Gasteiger partial charge in [-0.05, 0) is 61.2 Å². The molecule has 0 fully saturated rings. The van der Waals surface area contributed by atoms with Crippen molar-refractivity contribution < 1.29 is 4.39 Å². The minimum absolute atomic E-state index is 0.186. The highest BCUT2D eigenvalue weighted by Crippen LogP contribution is 2.40. The molecule has 0 spiro atoms. The van der Waals surface area contributed by atoms with Crippen molar-refractivity contribution in [1.29, 1.82) is 0 Å². The molecule has 0 atom stereocenters. The summed E-state index contributed by atoms with van der Waals surface area (Å²) in [5.74, 6) is -0.186. The van der Waals surface area contributed by atoms with Gasteiger partial charge in [-0.3, -0.25) is 4.68 Å². The zero-order valence-electron chi connectivity index (χ0n) is 13.9. The van der Waals surface area contributed by atoms with Gasteiger partial charge in [0.2, 0.25) is 0 Å². The molecule has 4 nitrogen and oxygen atoms in total. The first-order chi connectivity index (χ1) is 12.2. The highest BCUT2D eigenvalue weighted by Gasteiger charge is 2.25. The molecule has 5 heteroatoms. The number of benzene rings is 1. The third kappa shape index (κ3) is 2.12. The Hall–Kier alpha value is -2.95. The van der Waals surface area contributed by atoms with Crippen LogP contribution in [-0.4, -0.2) is 19.7 Å². The monoisotopic (exact) mass is 332 g/mol. The SMILES string of the molecule is Cc1cc(-c2nn3c(c2-c2ccnc4[nH]ccc24)CCC3)ccc1F. The molecule has 3 aromatic heterocycles. The summed E-state index contributed by atoms with van der Waals surface area (Å²) in [5.41, 5.74) is 6.92. The molecule has 5 rings (SSSR count). The number of H-pyrrole nitrogens is 1. The maximum absolute atomic E-state index is 13.7. The summed E-state index contributed by atoms with van der Waals surface area (Å²) >= 11 is 0. The van der Waals surface area contributed by atoms with Gasteiger partial charge in [0.05, 0.1) is 0 Å². The third-order valence-corrected chi connectivity index (χ3v) is 5.00. The first-order valence-electron chi connectivity index (χ1n) is 8.51. The van der Waals surface area contributed by atoms with Crippen LogP contribution in [-0.2, 0) is 13.0 Å². The quantitative estimate of drug-likeness (QED) is 0.588. The van der Waals surface area contributed by atoms with E-state index < -0.39 is 0 Å². The summed E-state index contributed by atoms with van der Waals surface area (Å²) in [7, 11) is 0. The number of fused-ring (bicyclic) bond motifs is 2. The van der Waals surface area contributed by atoms with Crippen molar-refractivity contribution in [2.24, 2.45) is 0 Å². The van der Waals surface area contributed by atoms with E-state index in [9.17, 15) is 4.39 Å². The molecule has 1 aromatic carbocycles. The lowest BCUT2D eigenvalue weighted by Gasteiger charge is -2.08. The predicted octanol–water partition coefficient (Wildman–Crippen LogP) is 4.49. The molecule has 1 aliphatic rings. The van der Waals surface area contributed by atoms with Gasteiger partial charge in [-0.15, -0.1) is 0 Å². The second kappa shape index (κ2) is 5.28. The average molecular weight is 332 g/mol. The molecule has 0 aliphatic carbocycles. The molecule has 1 N–H and O–H groups in total. The number of hydrogen-bond acceptors (Lipinski definition) is 2. The molecular weight excluding hydrogens is 315 g/mol. The Morgan fingerprint density at radius 1 is 1.20 bits per heavy atom. The molecule has 124 valence electrons. The standard InChI is InChI=1S/C20H17FN4/c1-12-11-13(4-5-16(12)21)19-18(17-3-2-10-25(17)24-19)14-6-8-22-20-15(14)7-9-23-20/h4-9,11H,2-3,10H2,1H3,(H,22,23). The number of nitrogens with zero attached hydrogens (tertiary/aromatic N) is 3. The van der Waals surface area contributed by atoms with Crippen molar-refractivity contribution in [1.82, 2.24) is 19.7 Å². The second-order valence-electron chi connectivity index (χ2n) is 6.56. The van der Waals surface area contributed by atoms with Gasteiger partial charge in [0.1, 0.15) is 17.2 Å². The molecule has 25 heavy (non-hydrogen) atoms. The Labute approximate surface area is 144 Å². The molecule has 0 radical (unpaired) electrons. The van der Waals surface area contributed by atoms with E-state index in [0.717, 1.165) is 52.8 Å². The number of aromatic amines is 1. The van der Waals surface area contributed by atoms with Gasteiger partial charge >= 0.3 is 0 Å². The summed E-state index contributed by atoms with van der Waals surface area (Å²) in [6, 6.07) is 9.33. The molecule has 0 bridgehead atoms. The molecule has 1 aliphatic heterocycles. The van der Waals surface area contributed by atoms with Crippen LogP contribution in [0.15, 0.2) is 42.7 Å². The van der Waals surface area contributed by atoms with Crippen molar-refractivity contribution in [3.05, 3.63) is 59.8 Å². The summed E-state index contributed by atoms with van der Waals surface area (Å²) < 4.78 is 15.8. The zero-order valence-corrected chi connectivity index (χ0v) is 13.9. The highest BCUT2D eigenvalue weighted by atomic mass is 19.1. The number of hydrogen-bond donors (Lipinski definition) is 1. The van der Waals surface area contributed by atoms with E-state index >= 15 is 0 Å². The van der Waals surface area contributed by atoms with E-state index in [0.29, 0.717) is 5.56 Å². The second-order valence-corrected chi connectivity index (χ2v) is 6.56. The maximum Gasteiger partial charge on any atom is 0.137 e. The maximum atomic E-state index is 13.7. The Morgan fingerprint density at radius 3 is 3.00 bits per heavy atom. The molecule has 0 saturated heterocycles. The van der Waals surface area contributed by atoms with Crippen LogP contribution in [0, 0.1) is 12.7 Å². The van der Waals surface area contributed by atoms with Crippen molar-refractivity contribution in [2.75, 3.05) is 0 Å². The van der Waals surface area contributed by atoms with Gasteiger partial charge < -0.3 is 4.98 Å². The van der Waals surface area contributed by atoms with Crippen LogP contribution in [0.25, 0.3) is 33.4 Å². The predicted molar refractivity (Wildman–Crippen MR) is 95.8 cm³/mol. The van der Waals surface area contributed by atoms with E-state index in [4.69, 9.17) is 5.10 Å². The van der Waals surface area contributed by atoms with E-state index in [-0.39, 0.29) is 5.82 Å². The highest BCUT2D eigenvalue weighted by molar-refractivity contribution is 5.98. The van der Waals surface area contributed by atoms with Crippen molar-refractivity contribution in [3.8, 4) is 22.4 Å². The van der Waals surface area contributed by atoms with E-state index in [2.05, 4.69) is 20.7 Å². The smallest absolute Gasteiger partial charge is 0.137 e. The Bertz CT molecular complexity index is 1110. The van der Waals surface area contributed by atoms with Gasteiger partial charge in [0.15, 0.2) is 0 Å². The lowest BCUT2D eigenvalue weighted by atomic mass is 9.96. The van der Waals surface area contributed by atoms with Crippen molar-refractivity contribution >= 4 is 11.0 Å². The number of rotatable bonds is 2. The number of halogens is 1. The fourth-order valence-electron chi connectivity index (χ4n) is 3.79. The molecule has 0 unspecified atom stereocenters. The van der Waals surface area contributed by atoms with Crippen LogP contribution in [0.2, 0.25) is 0 Å². The third-order valence-electron chi connectivity index (χ3n) is 5.00. The fraction of sp³-hybridized carbons (Fsp3) is 0.200. The number of nitrogens with one attached hydrogen (secondary N) is 1. The number of aryl methyl sites for hydroxylation is 2. The van der Waals surface area contributed by atoms with E-state index in [1.807, 2.05) is 30.6 Å². The minimum atomic E-state index is -0.186. The zero-order chi connectivity index (χ0) is 17.0. The Morgan fingerprint density at radius 2 is 2.12 bits per heavy atom. The van der Waals surface area contributed by atoms with Crippen molar-refractivity contribution in [2.45, 2.75) is 26.3 Å². The topological polar surface area (TPSA) is 46.5 Å². The summed E-state index contributed by atoms with van der Waals surface area (Å²) in [4.78, 5) is 7.58. The van der Waals surface area contributed by atoms with Crippen LogP contribution in [0.4, 0.5) is 4.39 Å². The summed E-state index contributed by atoms with van der Waals surface area (Å²) in [6.07, 6.45) is 5.86. The summed E-state index contributed by atoms with van der Waals surface area (Å²) in [6.45, 7) is 2.73. The largest absolute Gasteiger partial charge is 0.346 e.